The molecule has 9 heteroatoms. The van der Waals surface area contributed by atoms with Crippen molar-refractivity contribution >= 4 is 11.9 Å². The number of nitrogens with one attached hydrogen (secondary N) is 3. The Bertz CT molecular complexity index is 559. The van der Waals surface area contributed by atoms with Crippen LogP contribution in [-0.2, 0) is 4.79 Å². The van der Waals surface area contributed by atoms with E-state index in [4.69, 9.17) is 0 Å². The van der Waals surface area contributed by atoms with Crippen molar-refractivity contribution in [2.45, 2.75) is 26.1 Å². The summed E-state index contributed by atoms with van der Waals surface area (Å²) in [6.07, 6.45) is -4.55. The molecule has 0 aromatic heterocycles. The Balaban J connectivity index is 2.51. The third-order valence-corrected chi connectivity index (χ3v) is 3.08. The van der Waals surface area contributed by atoms with Crippen LogP contribution in [0.3, 0.4) is 0 Å². The summed E-state index contributed by atoms with van der Waals surface area (Å²) >= 11 is 0. The second-order valence-corrected chi connectivity index (χ2v) is 5.50. The monoisotopic (exact) mass is 349 g/mol. The molecule has 3 N–H and O–H groups in total. The SMILES string of the molecule is CC(C)[C@@H](NCC(=O)NC(=O)NCC(F)(F)F)c1ccc(F)cc1. The topological polar surface area (TPSA) is 70.2 Å². The summed E-state index contributed by atoms with van der Waals surface area (Å²) in [4.78, 5) is 22.8. The fourth-order valence-corrected chi connectivity index (χ4v) is 2.01. The van der Waals surface area contributed by atoms with Crippen molar-refractivity contribution in [3.05, 3.63) is 35.6 Å². The highest BCUT2D eigenvalue weighted by Crippen LogP contribution is 2.21. The quantitative estimate of drug-likeness (QED) is 0.691. The number of urea groups is 1. The molecule has 1 aromatic rings. The number of carbonyl (C=O) groups is 2. The van der Waals surface area contributed by atoms with E-state index >= 15 is 0 Å². The lowest BCUT2D eigenvalue weighted by molar-refractivity contribution is -0.124. The fourth-order valence-electron chi connectivity index (χ4n) is 2.01. The van der Waals surface area contributed by atoms with Crippen LogP contribution in [0.2, 0.25) is 0 Å². The van der Waals surface area contributed by atoms with Gasteiger partial charge in [0.25, 0.3) is 0 Å². The minimum atomic E-state index is -4.55. The molecule has 1 atom stereocenters. The molecule has 5 nitrogen and oxygen atoms in total. The van der Waals surface area contributed by atoms with E-state index in [2.05, 4.69) is 5.32 Å². The second kappa shape index (κ2) is 8.62. The maximum Gasteiger partial charge on any atom is 0.405 e. The lowest BCUT2D eigenvalue weighted by Crippen LogP contribution is -2.46. The van der Waals surface area contributed by atoms with Crippen molar-refractivity contribution in [3.63, 3.8) is 0 Å². The Morgan fingerprint density at radius 3 is 2.21 bits per heavy atom. The van der Waals surface area contributed by atoms with Gasteiger partial charge in [-0.2, -0.15) is 13.2 Å². The first-order valence-corrected chi connectivity index (χ1v) is 7.22. The Kier molecular flexibility index (Phi) is 7.15. The minimum absolute atomic E-state index is 0.0577. The number of imide groups is 1. The zero-order chi connectivity index (χ0) is 18.3. The smallest absolute Gasteiger partial charge is 0.329 e. The van der Waals surface area contributed by atoms with Crippen LogP contribution in [0.4, 0.5) is 22.4 Å². The molecule has 134 valence electrons. The first-order valence-electron chi connectivity index (χ1n) is 7.22. The molecule has 0 fully saturated rings. The average Bonchev–Trinajstić information content (AvgIpc) is 2.46. The van der Waals surface area contributed by atoms with E-state index in [1.807, 2.05) is 13.8 Å². The molecule has 0 spiro atoms. The van der Waals surface area contributed by atoms with Gasteiger partial charge in [0.05, 0.1) is 6.54 Å². The van der Waals surface area contributed by atoms with E-state index in [9.17, 15) is 27.2 Å². The fraction of sp³-hybridized carbons (Fsp3) is 0.467. The molecule has 0 unspecified atom stereocenters. The molecule has 0 heterocycles. The van der Waals surface area contributed by atoms with Crippen LogP contribution in [0.15, 0.2) is 24.3 Å². The molecular weight excluding hydrogens is 330 g/mol. The zero-order valence-corrected chi connectivity index (χ0v) is 13.2. The highest BCUT2D eigenvalue weighted by molar-refractivity contribution is 5.95. The average molecular weight is 349 g/mol. The van der Waals surface area contributed by atoms with Crippen molar-refractivity contribution in [1.29, 1.82) is 0 Å². The largest absolute Gasteiger partial charge is 0.405 e. The van der Waals surface area contributed by atoms with Gasteiger partial charge in [-0.25, -0.2) is 9.18 Å². The predicted molar refractivity (Wildman–Crippen MR) is 79.6 cm³/mol. The molecule has 0 saturated heterocycles. The van der Waals surface area contributed by atoms with Gasteiger partial charge in [-0.05, 0) is 23.6 Å². The molecule has 1 aromatic carbocycles. The van der Waals surface area contributed by atoms with Crippen molar-refractivity contribution in [1.82, 2.24) is 16.0 Å². The lowest BCUT2D eigenvalue weighted by Gasteiger charge is -2.22. The normalized spacial score (nSPS) is 12.8. The van der Waals surface area contributed by atoms with Gasteiger partial charge >= 0.3 is 12.2 Å². The standard InChI is InChI=1S/C15H19F4N3O2/c1-9(2)13(10-3-5-11(16)6-4-10)20-7-12(23)22-14(24)21-8-15(17,18)19/h3-6,9,13,20H,7-8H2,1-2H3,(H2,21,22,23,24)/t13-/m1/s1. The van der Waals surface area contributed by atoms with Gasteiger partial charge in [-0.3, -0.25) is 10.1 Å². The van der Waals surface area contributed by atoms with Gasteiger partial charge in [-0.1, -0.05) is 26.0 Å². The molecular formula is C15H19F4N3O2. The van der Waals surface area contributed by atoms with Gasteiger partial charge in [-0.15, -0.1) is 0 Å². The highest BCUT2D eigenvalue weighted by atomic mass is 19.4. The summed E-state index contributed by atoms with van der Waals surface area (Å²) in [5, 5.41) is 6.23. The molecule has 0 saturated carbocycles. The molecule has 0 aliphatic carbocycles. The maximum atomic E-state index is 13.0. The van der Waals surface area contributed by atoms with Crippen LogP contribution < -0.4 is 16.0 Å². The highest BCUT2D eigenvalue weighted by Gasteiger charge is 2.28. The first-order chi connectivity index (χ1) is 11.1. The van der Waals surface area contributed by atoms with Crippen LogP contribution in [-0.4, -0.2) is 31.2 Å². The summed E-state index contributed by atoms with van der Waals surface area (Å²) < 4.78 is 48.8. The predicted octanol–water partition coefficient (Wildman–Crippen LogP) is 2.50. The van der Waals surface area contributed by atoms with Crippen molar-refractivity contribution < 1.29 is 27.2 Å². The maximum absolute atomic E-state index is 13.0. The number of alkyl halides is 3. The van der Waals surface area contributed by atoms with Crippen LogP contribution in [0.25, 0.3) is 0 Å². The van der Waals surface area contributed by atoms with Crippen LogP contribution in [0.1, 0.15) is 25.5 Å². The third kappa shape index (κ3) is 7.40. The molecule has 1 rings (SSSR count). The van der Waals surface area contributed by atoms with Gasteiger partial charge in [0.2, 0.25) is 5.91 Å². The van der Waals surface area contributed by atoms with Crippen molar-refractivity contribution in [2.75, 3.05) is 13.1 Å². The minimum Gasteiger partial charge on any atom is -0.329 e. The molecule has 0 aliphatic rings. The number of hydrogen-bond donors (Lipinski definition) is 3. The van der Waals surface area contributed by atoms with Crippen LogP contribution >= 0.6 is 0 Å². The Morgan fingerprint density at radius 1 is 1.12 bits per heavy atom. The third-order valence-electron chi connectivity index (χ3n) is 3.08. The van der Waals surface area contributed by atoms with Gasteiger partial charge in [0.1, 0.15) is 12.4 Å². The van der Waals surface area contributed by atoms with Gasteiger partial charge in [0.15, 0.2) is 0 Å². The second-order valence-electron chi connectivity index (χ2n) is 5.50. The first kappa shape index (κ1) is 19.9. The Labute approximate surface area is 136 Å². The summed E-state index contributed by atoms with van der Waals surface area (Å²) in [5.41, 5.74) is 0.751. The molecule has 24 heavy (non-hydrogen) atoms. The van der Waals surface area contributed by atoms with Crippen molar-refractivity contribution in [2.24, 2.45) is 5.92 Å². The van der Waals surface area contributed by atoms with E-state index in [-0.39, 0.29) is 24.3 Å². The summed E-state index contributed by atoms with van der Waals surface area (Å²) in [6.45, 7) is 1.97. The van der Waals surface area contributed by atoms with E-state index in [1.54, 1.807) is 17.4 Å². The molecule has 0 bridgehead atoms. The van der Waals surface area contributed by atoms with Gasteiger partial charge < -0.3 is 10.6 Å². The summed E-state index contributed by atoms with van der Waals surface area (Å²) in [5.74, 6) is -1.11. The number of benzene rings is 1. The number of hydrogen-bond acceptors (Lipinski definition) is 3. The van der Waals surface area contributed by atoms with E-state index in [0.29, 0.717) is 0 Å². The van der Waals surface area contributed by atoms with Crippen LogP contribution in [0, 0.1) is 11.7 Å². The number of halogens is 4. The van der Waals surface area contributed by atoms with E-state index in [0.717, 1.165) is 5.56 Å². The van der Waals surface area contributed by atoms with Crippen molar-refractivity contribution in [3.8, 4) is 0 Å². The Morgan fingerprint density at radius 2 is 1.71 bits per heavy atom. The van der Waals surface area contributed by atoms with Gasteiger partial charge in [0, 0.05) is 6.04 Å². The molecule has 3 amide bonds. The molecule has 0 aliphatic heterocycles. The lowest BCUT2D eigenvalue weighted by atomic mass is 9.96. The molecule has 0 radical (unpaired) electrons. The zero-order valence-electron chi connectivity index (χ0n) is 13.2. The van der Waals surface area contributed by atoms with E-state index < -0.39 is 24.7 Å². The number of rotatable bonds is 6. The number of amides is 3. The van der Waals surface area contributed by atoms with E-state index in [1.165, 1.54) is 17.4 Å². The summed E-state index contributed by atoms with van der Waals surface area (Å²) in [6, 6.07) is 4.22. The van der Waals surface area contributed by atoms with Crippen LogP contribution in [0.5, 0.6) is 0 Å². The summed E-state index contributed by atoms with van der Waals surface area (Å²) in [7, 11) is 0. The number of carbonyl (C=O) groups excluding carboxylic acids is 2. The Hall–Kier alpha value is -2.16.